The molecule has 3 aliphatic rings. The summed E-state index contributed by atoms with van der Waals surface area (Å²) in [6.07, 6.45) is 2.19. The van der Waals surface area contributed by atoms with E-state index in [9.17, 15) is 9.59 Å². The van der Waals surface area contributed by atoms with Crippen molar-refractivity contribution >= 4 is 29.7 Å². The molecule has 2 aromatic rings. The molecule has 3 fully saturated rings. The van der Waals surface area contributed by atoms with Gasteiger partial charge in [-0.05, 0) is 46.2 Å². The summed E-state index contributed by atoms with van der Waals surface area (Å²) in [5.41, 5.74) is 1.62. The molecule has 0 aliphatic carbocycles. The van der Waals surface area contributed by atoms with Gasteiger partial charge in [0.25, 0.3) is 0 Å². The van der Waals surface area contributed by atoms with Crippen molar-refractivity contribution in [1.29, 1.82) is 0 Å². The van der Waals surface area contributed by atoms with Gasteiger partial charge in [-0.2, -0.15) is 0 Å². The Bertz CT molecular complexity index is 1100. The maximum atomic E-state index is 13.4. The molecule has 3 aliphatic heterocycles. The molecule has 0 saturated carbocycles. The van der Waals surface area contributed by atoms with Crippen LogP contribution in [0.25, 0.3) is 5.69 Å². The van der Waals surface area contributed by atoms with Crippen molar-refractivity contribution in [2.75, 3.05) is 55.8 Å². The van der Waals surface area contributed by atoms with Gasteiger partial charge in [0, 0.05) is 62.4 Å². The van der Waals surface area contributed by atoms with Crippen LogP contribution < -0.4 is 4.90 Å². The molecule has 9 nitrogen and oxygen atoms in total. The minimum absolute atomic E-state index is 0.0531. The van der Waals surface area contributed by atoms with Gasteiger partial charge >= 0.3 is 6.09 Å². The number of ether oxygens (including phenoxy) is 1. The molecule has 200 valence electrons. The van der Waals surface area contributed by atoms with Gasteiger partial charge in [0.05, 0.1) is 12.1 Å². The molecule has 2 atom stereocenters. The van der Waals surface area contributed by atoms with E-state index in [0.29, 0.717) is 18.8 Å². The highest BCUT2D eigenvalue weighted by molar-refractivity contribution is 7.99. The third-order valence-electron chi connectivity index (χ3n) is 7.30. The van der Waals surface area contributed by atoms with Crippen molar-refractivity contribution in [1.82, 2.24) is 24.3 Å². The standard InChI is InChI=1S/C27H38N6O3S/c1-20-17-28-25(33(20)21-8-6-5-7-9-21)30-12-10-29(11-13-30)22-16-23(24(34)31-14-15-37-19-31)32(18-22)26(35)36-27(2,3)4/h5-9,17,22-23H,10-16,18-19H2,1-4H3/t22-,23-/m0/s1. The summed E-state index contributed by atoms with van der Waals surface area (Å²) >= 11 is 1.76. The van der Waals surface area contributed by atoms with Crippen LogP contribution in [0.15, 0.2) is 36.5 Å². The normalized spacial score (nSPS) is 23.1. The van der Waals surface area contributed by atoms with Crippen LogP contribution in [0.5, 0.6) is 0 Å². The number of likely N-dealkylation sites (tertiary alicyclic amines) is 1. The number of aromatic nitrogens is 2. The van der Waals surface area contributed by atoms with E-state index < -0.39 is 11.6 Å². The molecule has 0 unspecified atom stereocenters. The van der Waals surface area contributed by atoms with Crippen molar-refractivity contribution in [2.45, 2.75) is 51.8 Å². The van der Waals surface area contributed by atoms with Crippen LogP contribution in [0, 0.1) is 6.92 Å². The van der Waals surface area contributed by atoms with E-state index in [0.717, 1.165) is 55.8 Å². The molecule has 0 N–H and O–H groups in total. The Hall–Kier alpha value is -2.72. The average Bonchev–Trinajstić information content (AvgIpc) is 3.63. The van der Waals surface area contributed by atoms with Gasteiger partial charge in [-0.3, -0.25) is 19.2 Å². The van der Waals surface area contributed by atoms with Crippen LogP contribution >= 0.6 is 11.8 Å². The quantitative estimate of drug-likeness (QED) is 0.606. The summed E-state index contributed by atoms with van der Waals surface area (Å²) in [6.45, 7) is 12.3. The molecule has 2 amide bonds. The van der Waals surface area contributed by atoms with Crippen molar-refractivity contribution in [3.05, 3.63) is 42.2 Å². The Kier molecular flexibility index (Phi) is 7.40. The Labute approximate surface area is 223 Å². The molecule has 4 heterocycles. The predicted molar refractivity (Wildman–Crippen MR) is 146 cm³/mol. The number of para-hydroxylation sites is 1. The Balaban J connectivity index is 1.27. The Morgan fingerprint density at radius 2 is 1.78 bits per heavy atom. The zero-order chi connectivity index (χ0) is 26.2. The average molecular weight is 527 g/mol. The summed E-state index contributed by atoms with van der Waals surface area (Å²) in [5.74, 6) is 2.67. The molecular weight excluding hydrogens is 488 g/mol. The number of amides is 2. The van der Waals surface area contributed by atoms with Gasteiger partial charge in [0.15, 0.2) is 0 Å². The molecule has 1 aromatic carbocycles. The lowest BCUT2D eigenvalue weighted by Gasteiger charge is -2.38. The molecule has 1 aromatic heterocycles. The number of carbonyl (C=O) groups excluding carboxylic acids is 2. The summed E-state index contributed by atoms with van der Waals surface area (Å²) in [7, 11) is 0. The smallest absolute Gasteiger partial charge is 0.411 e. The number of rotatable bonds is 4. The fourth-order valence-electron chi connectivity index (χ4n) is 5.46. The van der Waals surface area contributed by atoms with Gasteiger partial charge in [-0.25, -0.2) is 9.78 Å². The monoisotopic (exact) mass is 526 g/mol. The Morgan fingerprint density at radius 1 is 1.05 bits per heavy atom. The number of carbonyl (C=O) groups is 2. The highest BCUT2D eigenvalue weighted by Crippen LogP contribution is 2.29. The lowest BCUT2D eigenvalue weighted by Crippen LogP contribution is -2.52. The molecule has 0 radical (unpaired) electrons. The lowest BCUT2D eigenvalue weighted by atomic mass is 10.1. The third-order valence-corrected chi connectivity index (χ3v) is 8.27. The van der Waals surface area contributed by atoms with Crippen LogP contribution in [-0.2, 0) is 9.53 Å². The second kappa shape index (κ2) is 10.6. The zero-order valence-electron chi connectivity index (χ0n) is 22.3. The topological polar surface area (TPSA) is 74.2 Å². The van der Waals surface area contributed by atoms with E-state index in [-0.39, 0.29) is 18.0 Å². The van der Waals surface area contributed by atoms with E-state index in [1.807, 2.05) is 50.1 Å². The first kappa shape index (κ1) is 25.9. The van der Waals surface area contributed by atoms with E-state index in [4.69, 9.17) is 9.72 Å². The molecule has 0 bridgehead atoms. The predicted octanol–water partition coefficient (Wildman–Crippen LogP) is 3.21. The molecule has 3 saturated heterocycles. The first-order valence-corrected chi connectivity index (χ1v) is 14.3. The maximum Gasteiger partial charge on any atom is 0.411 e. The van der Waals surface area contributed by atoms with Gasteiger partial charge in [-0.15, -0.1) is 11.8 Å². The molecule has 0 spiro atoms. The molecule has 5 rings (SSSR count). The molecule has 37 heavy (non-hydrogen) atoms. The number of anilines is 1. The summed E-state index contributed by atoms with van der Waals surface area (Å²) < 4.78 is 7.91. The SMILES string of the molecule is Cc1cnc(N2CCN([C@H]3C[C@@H](C(=O)N4CCSC4)N(C(=O)OC(C)(C)C)C3)CC2)n1-c1ccccc1. The summed E-state index contributed by atoms with van der Waals surface area (Å²) in [5, 5.41) is 0. The Morgan fingerprint density at radius 3 is 2.43 bits per heavy atom. The van der Waals surface area contributed by atoms with Crippen LogP contribution in [0.2, 0.25) is 0 Å². The fraction of sp³-hybridized carbons (Fsp3) is 0.593. The van der Waals surface area contributed by atoms with Gasteiger partial charge in [0.1, 0.15) is 11.6 Å². The summed E-state index contributed by atoms with van der Waals surface area (Å²) in [6, 6.07) is 10.0. The number of hydrogen-bond donors (Lipinski definition) is 0. The van der Waals surface area contributed by atoms with Gasteiger partial charge in [0.2, 0.25) is 11.9 Å². The van der Waals surface area contributed by atoms with Crippen LogP contribution in [0.3, 0.4) is 0 Å². The van der Waals surface area contributed by atoms with Gasteiger partial charge < -0.3 is 14.5 Å². The minimum Gasteiger partial charge on any atom is -0.444 e. The number of imidazole rings is 1. The summed E-state index contributed by atoms with van der Waals surface area (Å²) in [4.78, 5) is 39.6. The number of thioether (sulfide) groups is 1. The lowest BCUT2D eigenvalue weighted by molar-refractivity contribution is -0.134. The highest BCUT2D eigenvalue weighted by Gasteiger charge is 2.45. The second-order valence-electron chi connectivity index (χ2n) is 11.1. The number of aryl methyl sites for hydroxylation is 1. The first-order chi connectivity index (χ1) is 17.7. The van der Waals surface area contributed by atoms with Gasteiger partial charge in [-0.1, -0.05) is 18.2 Å². The molecule has 10 heteroatoms. The van der Waals surface area contributed by atoms with E-state index in [2.05, 4.69) is 33.4 Å². The maximum absolute atomic E-state index is 13.4. The number of nitrogens with zero attached hydrogens (tertiary/aromatic N) is 6. The minimum atomic E-state index is -0.601. The van der Waals surface area contributed by atoms with E-state index in [1.54, 1.807) is 16.7 Å². The fourth-order valence-corrected chi connectivity index (χ4v) is 6.42. The van der Waals surface area contributed by atoms with Crippen molar-refractivity contribution < 1.29 is 14.3 Å². The van der Waals surface area contributed by atoms with E-state index in [1.165, 1.54) is 0 Å². The van der Waals surface area contributed by atoms with Crippen molar-refractivity contribution in [3.8, 4) is 5.69 Å². The van der Waals surface area contributed by atoms with Crippen LogP contribution in [0.4, 0.5) is 10.7 Å². The van der Waals surface area contributed by atoms with Crippen molar-refractivity contribution in [2.24, 2.45) is 0 Å². The van der Waals surface area contributed by atoms with Crippen LogP contribution in [-0.4, -0.2) is 105 Å². The second-order valence-corrected chi connectivity index (χ2v) is 12.1. The zero-order valence-corrected chi connectivity index (χ0v) is 23.1. The first-order valence-electron chi connectivity index (χ1n) is 13.2. The largest absolute Gasteiger partial charge is 0.444 e. The van der Waals surface area contributed by atoms with Crippen molar-refractivity contribution in [3.63, 3.8) is 0 Å². The third kappa shape index (κ3) is 5.60. The number of hydrogen-bond acceptors (Lipinski definition) is 7. The number of piperazine rings is 1. The molecular formula is C27H38N6O3S. The highest BCUT2D eigenvalue weighted by atomic mass is 32.2. The van der Waals surface area contributed by atoms with Crippen LogP contribution in [0.1, 0.15) is 32.9 Å². The van der Waals surface area contributed by atoms with E-state index >= 15 is 0 Å². The number of benzene rings is 1.